The van der Waals surface area contributed by atoms with Gasteiger partial charge < -0.3 is 10.4 Å². The highest BCUT2D eigenvalue weighted by atomic mass is 16.3. The van der Waals surface area contributed by atoms with Crippen molar-refractivity contribution in [2.75, 3.05) is 19.6 Å². The number of nitrogens with one attached hydrogen (secondary N) is 1. The summed E-state index contributed by atoms with van der Waals surface area (Å²) in [6.45, 7) is 8.03. The molecule has 5 unspecified atom stereocenters. The molecule has 0 aromatic heterocycles. The minimum absolute atomic E-state index is 0.115. The van der Waals surface area contributed by atoms with Crippen molar-refractivity contribution in [3.63, 3.8) is 0 Å². The number of aliphatic hydroxyl groups is 1. The summed E-state index contributed by atoms with van der Waals surface area (Å²) in [5, 5.41) is 14.2. The Hall–Kier alpha value is -0.120. The Labute approximate surface area is 130 Å². The third-order valence-electron chi connectivity index (χ3n) is 6.44. The van der Waals surface area contributed by atoms with Gasteiger partial charge in [0.2, 0.25) is 0 Å². The first-order valence-corrected chi connectivity index (χ1v) is 9.32. The standard InChI is InChI=1S/C18H34N2O/c1-3-18(21)15-9-16(19-10-14-5-4-6-14)12-20(11-15)17-8-7-13(17)2/h13-19,21H,3-12H2,1-2H3. The van der Waals surface area contributed by atoms with Crippen molar-refractivity contribution in [2.24, 2.45) is 17.8 Å². The summed E-state index contributed by atoms with van der Waals surface area (Å²) in [6.07, 6.45) is 8.98. The molecule has 21 heavy (non-hydrogen) atoms. The van der Waals surface area contributed by atoms with Crippen molar-refractivity contribution < 1.29 is 5.11 Å². The van der Waals surface area contributed by atoms with Crippen LogP contribution in [-0.2, 0) is 0 Å². The quantitative estimate of drug-likeness (QED) is 0.790. The third kappa shape index (κ3) is 3.62. The highest BCUT2D eigenvalue weighted by Gasteiger charge is 2.39. The Morgan fingerprint density at radius 1 is 1.19 bits per heavy atom. The predicted molar refractivity (Wildman–Crippen MR) is 87.3 cm³/mol. The van der Waals surface area contributed by atoms with Gasteiger partial charge in [-0.05, 0) is 62.8 Å². The topological polar surface area (TPSA) is 35.5 Å². The van der Waals surface area contributed by atoms with Crippen molar-refractivity contribution in [3.8, 4) is 0 Å². The van der Waals surface area contributed by atoms with Gasteiger partial charge in [-0.3, -0.25) is 4.90 Å². The van der Waals surface area contributed by atoms with E-state index in [4.69, 9.17) is 0 Å². The second-order valence-electron chi connectivity index (χ2n) is 7.95. The molecular formula is C18H34N2O. The summed E-state index contributed by atoms with van der Waals surface area (Å²) in [6, 6.07) is 1.38. The first-order chi connectivity index (χ1) is 10.2. The zero-order chi connectivity index (χ0) is 14.8. The van der Waals surface area contributed by atoms with Crippen LogP contribution in [0.15, 0.2) is 0 Å². The SMILES string of the molecule is CCC(O)C1CC(NCC2CCC2)CN(C2CCC2C)C1. The van der Waals surface area contributed by atoms with Crippen LogP contribution in [0.5, 0.6) is 0 Å². The van der Waals surface area contributed by atoms with Gasteiger partial charge in [-0.1, -0.05) is 20.3 Å². The molecule has 5 atom stereocenters. The third-order valence-corrected chi connectivity index (χ3v) is 6.44. The van der Waals surface area contributed by atoms with Crippen LogP contribution in [0.2, 0.25) is 0 Å². The monoisotopic (exact) mass is 294 g/mol. The Morgan fingerprint density at radius 3 is 2.52 bits per heavy atom. The van der Waals surface area contributed by atoms with Crippen LogP contribution in [0.3, 0.4) is 0 Å². The van der Waals surface area contributed by atoms with Gasteiger partial charge >= 0.3 is 0 Å². The Balaban J connectivity index is 1.56. The molecule has 0 aromatic carbocycles. The summed E-state index contributed by atoms with van der Waals surface area (Å²) < 4.78 is 0. The molecule has 0 radical (unpaired) electrons. The van der Waals surface area contributed by atoms with E-state index in [0.717, 1.165) is 30.8 Å². The van der Waals surface area contributed by atoms with Gasteiger partial charge in [0.25, 0.3) is 0 Å². The van der Waals surface area contributed by atoms with E-state index in [1.54, 1.807) is 0 Å². The highest BCUT2D eigenvalue weighted by molar-refractivity contribution is 4.94. The van der Waals surface area contributed by atoms with Gasteiger partial charge in [0.05, 0.1) is 6.10 Å². The van der Waals surface area contributed by atoms with Gasteiger partial charge in [0.1, 0.15) is 0 Å². The molecule has 0 amide bonds. The van der Waals surface area contributed by atoms with E-state index in [0.29, 0.717) is 12.0 Å². The fourth-order valence-corrected chi connectivity index (χ4v) is 4.43. The predicted octanol–water partition coefficient (Wildman–Crippen LogP) is 2.64. The molecule has 2 aliphatic carbocycles. The Morgan fingerprint density at radius 2 is 2.00 bits per heavy atom. The van der Waals surface area contributed by atoms with Gasteiger partial charge in [-0.15, -0.1) is 0 Å². The smallest absolute Gasteiger partial charge is 0.0578 e. The molecule has 3 aliphatic rings. The summed E-state index contributed by atoms with van der Waals surface area (Å²) in [4.78, 5) is 2.69. The first-order valence-electron chi connectivity index (χ1n) is 9.32. The van der Waals surface area contributed by atoms with Gasteiger partial charge in [0.15, 0.2) is 0 Å². The maximum Gasteiger partial charge on any atom is 0.0578 e. The van der Waals surface area contributed by atoms with E-state index in [2.05, 4.69) is 24.1 Å². The van der Waals surface area contributed by atoms with Crippen molar-refractivity contribution in [1.82, 2.24) is 10.2 Å². The van der Waals surface area contributed by atoms with E-state index < -0.39 is 0 Å². The maximum absolute atomic E-state index is 10.3. The minimum atomic E-state index is -0.115. The molecule has 3 fully saturated rings. The van der Waals surface area contributed by atoms with Crippen molar-refractivity contribution in [1.29, 1.82) is 0 Å². The normalized spacial score (nSPS) is 39.6. The van der Waals surface area contributed by atoms with Crippen LogP contribution >= 0.6 is 0 Å². The summed E-state index contributed by atoms with van der Waals surface area (Å²) in [5.41, 5.74) is 0. The average molecular weight is 294 g/mol. The molecule has 1 saturated heterocycles. The number of nitrogens with zero attached hydrogens (tertiary/aromatic N) is 1. The lowest BCUT2D eigenvalue weighted by Gasteiger charge is -2.49. The first kappa shape index (κ1) is 15.8. The molecule has 1 aliphatic heterocycles. The molecule has 2 N–H and O–H groups in total. The lowest BCUT2D eigenvalue weighted by atomic mass is 9.77. The molecule has 3 rings (SSSR count). The van der Waals surface area contributed by atoms with Crippen LogP contribution in [0.4, 0.5) is 0 Å². The minimum Gasteiger partial charge on any atom is -0.393 e. The highest BCUT2D eigenvalue weighted by Crippen LogP contribution is 2.35. The van der Waals surface area contributed by atoms with E-state index in [-0.39, 0.29) is 6.10 Å². The largest absolute Gasteiger partial charge is 0.393 e. The van der Waals surface area contributed by atoms with Crippen molar-refractivity contribution in [2.45, 2.75) is 77.0 Å². The summed E-state index contributed by atoms with van der Waals surface area (Å²) >= 11 is 0. The van der Waals surface area contributed by atoms with Crippen LogP contribution in [0.25, 0.3) is 0 Å². The number of hydrogen-bond donors (Lipinski definition) is 2. The Bertz CT molecular complexity index is 331. The molecule has 3 heteroatoms. The number of likely N-dealkylation sites (tertiary alicyclic amines) is 1. The van der Waals surface area contributed by atoms with E-state index in [1.807, 2.05) is 0 Å². The van der Waals surface area contributed by atoms with E-state index in [9.17, 15) is 5.11 Å². The molecule has 0 aromatic rings. The molecular weight excluding hydrogens is 260 g/mol. The van der Waals surface area contributed by atoms with Crippen LogP contribution in [-0.4, -0.2) is 47.8 Å². The number of hydrogen-bond acceptors (Lipinski definition) is 3. The molecule has 2 saturated carbocycles. The molecule has 122 valence electrons. The summed E-state index contributed by atoms with van der Waals surface area (Å²) in [7, 11) is 0. The van der Waals surface area contributed by atoms with Gasteiger partial charge in [0, 0.05) is 25.2 Å². The average Bonchev–Trinajstić information content (AvgIpc) is 2.43. The number of rotatable bonds is 6. The van der Waals surface area contributed by atoms with Gasteiger partial charge in [-0.2, -0.15) is 0 Å². The maximum atomic E-state index is 10.3. The lowest BCUT2D eigenvalue weighted by molar-refractivity contribution is -0.0169. The van der Waals surface area contributed by atoms with Crippen LogP contribution < -0.4 is 5.32 Å². The number of piperidine rings is 1. The summed E-state index contributed by atoms with van der Waals surface area (Å²) in [5.74, 6) is 2.25. The van der Waals surface area contributed by atoms with E-state index >= 15 is 0 Å². The second-order valence-corrected chi connectivity index (χ2v) is 7.95. The lowest BCUT2D eigenvalue weighted by Crippen LogP contribution is -2.58. The molecule has 0 bridgehead atoms. The zero-order valence-corrected chi connectivity index (χ0v) is 13.9. The fraction of sp³-hybridized carbons (Fsp3) is 1.00. The van der Waals surface area contributed by atoms with Crippen molar-refractivity contribution >= 4 is 0 Å². The number of aliphatic hydroxyl groups excluding tert-OH is 1. The molecule has 0 spiro atoms. The van der Waals surface area contributed by atoms with Crippen LogP contribution in [0, 0.1) is 17.8 Å². The zero-order valence-electron chi connectivity index (χ0n) is 13.9. The van der Waals surface area contributed by atoms with Gasteiger partial charge in [-0.25, -0.2) is 0 Å². The molecule has 3 nitrogen and oxygen atoms in total. The molecule has 1 heterocycles. The fourth-order valence-electron chi connectivity index (χ4n) is 4.43. The van der Waals surface area contributed by atoms with E-state index in [1.165, 1.54) is 51.6 Å². The van der Waals surface area contributed by atoms with Crippen LogP contribution in [0.1, 0.15) is 58.8 Å². The van der Waals surface area contributed by atoms with Crippen molar-refractivity contribution in [3.05, 3.63) is 0 Å². The second kappa shape index (κ2) is 6.97. The Kier molecular flexibility index (Phi) is 5.23.